The smallest absolute Gasteiger partial charge is 0.407 e. The molecule has 280 valence electrons. The lowest BCUT2D eigenvalue weighted by Crippen LogP contribution is -2.38. The van der Waals surface area contributed by atoms with Gasteiger partial charge in [0.25, 0.3) is 0 Å². The molecule has 2 amide bonds. The number of unbranched alkanes of at least 4 members (excludes halogenated alkanes) is 2. The summed E-state index contributed by atoms with van der Waals surface area (Å²) in [5.74, 6) is 2.57. The van der Waals surface area contributed by atoms with Crippen LogP contribution in [0.4, 0.5) is 9.59 Å². The highest BCUT2D eigenvalue weighted by molar-refractivity contribution is 5.81. The predicted octanol–water partition coefficient (Wildman–Crippen LogP) is 8.71. The van der Waals surface area contributed by atoms with Gasteiger partial charge in [0.2, 0.25) is 0 Å². The van der Waals surface area contributed by atoms with E-state index in [1.165, 1.54) is 51.4 Å². The Labute approximate surface area is 300 Å². The summed E-state index contributed by atoms with van der Waals surface area (Å²) in [4.78, 5) is 44.7. The van der Waals surface area contributed by atoms with Crippen molar-refractivity contribution >= 4 is 24.2 Å². The first-order valence-corrected chi connectivity index (χ1v) is 19.8. The molecule has 4 fully saturated rings. The Hall–Kier alpha value is -3.13. The number of nitrogens with one attached hydrogen (secondary N) is 2. The molecular weight excluding hydrogens is 632 g/mol. The highest BCUT2D eigenvalue weighted by Crippen LogP contribution is 2.37. The van der Waals surface area contributed by atoms with E-state index in [4.69, 9.17) is 24.2 Å². The summed E-state index contributed by atoms with van der Waals surface area (Å²) in [6, 6.07) is 4.30. The van der Waals surface area contributed by atoms with Gasteiger partial charge < -0.3 is 24.8 Å². The van der Waals surface area contributed by atoms with Gasteiger partial charge in [0, 0.05) is 18.2 Å². The molecule has 2 N–H and O–H groups in total. The molecule has 4 aliphatic rings. The highest BCUT2D eigenvalue weighted by Gasteiger charge is 2.29. The van der Waals surface area contributed by atoms with Crippen LogP contribution in [0.15, 0.2) is 35.3 Å². The number of nitrogens with zero attached hydrogens (tertiary/aromatic N) is 2. The number of hydrogen-bond acceptors (Lipinski definition) is 8. The summed E-state index contributed by atoms with van der Waals surface area (Å²) >= 11 is 0. The zero-order chi connectivity index (χ0) is 35.4. The number of ether oxygens (including phenoxy) is 3. The summed E-state index contributed by atoms with van der Waals surface area (Å²) in [6.07, 6.45) is 26.1. The van der Waals surface area contributed by atoms with Crippen LogP contribution in [0.5, 0.6) is 0 Å². The van der Waals surface area contributed by atoms with Crippen LogP contribution in [0.1, 0.15) is 135 Å². The van der Waals surface area contributed by atoms with E-state index in [0.29, 0.717) is 18.7 Å². The second-order valence-corrected chi connectivity index (χ2v) is 15.3. The standard InChI is InChI=1S/C40H64N4O6/c1-3-5-6-7-24-49-39(46)43-36-20-12-32(13-21-36)27-30-8-16-34(17-9-30)41-29-42-35-18-10-31(11-19-35)28-33-14-22-37(23-15-33)44-40(47)50-26-25-48-38(45)4-2/h3-4,30-37H,1-2,5-28H2,(H,43,46)(H,44,47). The third-order valence-electron chi connectivity index (χ3n) is 11.5. The Bertz CT molecular complexity index is 1110. The van der Waals surface area contributed by atoms with Crippen molar-refractivity contribution in [2.45, 2.75) is 159 Å². The Morgan fingerprint density at radius 1 is 0.580 bits per heavy atom. The van der Waals surface area contributed by atoms with E-state index in [9.17, 15) is 14.4 Å². The van der Waals surface area contributed by atoms with E-state index in [1.807, 2.05) is 6.08 Å². The molecule has 0 aliphatic heterocycles. The fourth-order valence-corrected chi connectivity index (χ4v) is 8.55. The Kier molecular flexibility index (Phi) is 18.0. The maximum atomic E-state index is 12.1. The number of amides is 2. The average molecular weight is 697 g/mol. The third kappa shape index (κ3) is 15.4. The predicted molar refractivity (Wildman–Crippen MR) is 196 cm³/mol. The van der Waals surface area contributed by atoms with E-state index in [2.05, 4.69) is 29.8 Å². The van der Waals surface area contributed by atoms with Crippen LogP contribution < -0.4 is 10.6 Å². The molecule has 50 heavy (non-hydrogen) atoms. The van der Waals surface area contributed by atoms with Gasteiger partial charge in [-0.3, -0.25) is 0 Å². The number of rotatable bonds is 17. The van der Waals surface area contributed by atoms with Gasteiger partial charge in [-0.05, 0) is 159 Å². The Morgan fingerprint density at radius 2 is 1.00 bits per heavy atom. The van der Waals surface area contributed by atoms with Gasteiger partial charge in [0.1, 0.15) is 13.2 Å². The fraction of sp³-hybridized carbons (Fsp3) is 0.800. The number of aliphatic imine (C=N–C) groups is 2. The molecule has 10 heteroatoms. The number of esters is 1. The van der Waals surface area contributed by atoms with E-state index in [0.717, 1.165) is 113 Å². The van der Waals surface area contributed by atoms with Crippen molar-refractivity contribution in [2.24, 2.45) is 33.7 Å². The topological polar surface area (TPSA) is 128 Å². The Balaban J connectivity index is 1.00. The van der Waals surface area contributed by atoms with Gasteiger partial charge in [0.15, 0.2) is 0 Å². The molecule has 0 aromatic carbocycles. The summed E-state index contributed by atoms with van der Waals surface area (Å²) in [5.41, 5.74) is 0. The first-order valence-electron chi connectivity index (χ1n) is 19.8. The van der Waals surface area contributed by atoms with Gasteiger partial charge in [0.05, 0.1) is 24.7 Å². The first-order chi connectivity index (χ1) is 24.4. The van der Waals surface area contributed by atoms with Crippen LogP contribution in [0.3, 0.4) is 0 Å². The largest absolute Gasteiger partial charge is 0.459 e. The summed E-state index contributed by atoms with van der Waals surface area (Å²) in [6.45, 7) is 7.63. The molecule has 0 aromatic rings. The van der Waals surface area contributed by atoms with E-state index >= 15 is 0 Å². The highest BCUT2D eigenvalue weighted by atomic mass is 16.6. The van der Waals surface area contributed by atoms with Crippen molar-refractivity contribution < 1.29 is 28.6 Å². The van der Waals surface area contributed by atoms with Crippen molar-refractivity contribution in [3.63, 3.8) is 0 Å². The molecule has 0 unspecified atom stereocenters. The molecule has 0 aromatic heterocycles. The lowest BCUT2D eigenvalue weighted by molar-refractivity contribution is -0.138. The van der Waals surface area contributed by atoms with Crippen molar-refractivity contribution in [3.8, 4) is 0 Å². The molecule has 4 saturated carbocycles. The molecule has 0 bridgehead atoms. The number of carbonyl (C=O) groups excluding carboxylic acids is 3. The third-order valence-corrected chi connectivity index (χ3v) is 11.5. The van der Waals surface area contributed by atoms with Crippen LogP contribution in [0.2, 0.25) is 0 Å². The molecule has 0 saturated heterocycles. The lowest BCUT2D eigenvalue weighted by Gasteiger charge is -2.33. The van der Waals surface area contributed by atoms with Crippen LogP contribution in [0.25, 0.3) is 0 Å². The molecule has 4 rings (SSSR count). The van der Waals surface area contributed by atoms with Gasteiger partial charge in [-0.1, -0.05) is 12.7 Å². The van der Waals surface area contributed by atoms with Crippen LogP contribution in [0, 0.1) is 23.7 Å². The molecular formula is C40H64N4O6. The molecule has 0 spiro atoms. The van der Waals surface area contributed by atoms with Crippen molar-refractivity contribution in [2.75, 3.05) is 19.8 Å². The number of alkyl carbamates (subject to hydrolysis) is 2. The van der Waals surface area contributed by atoms with Crippen molar-refractivity contribution in [1.82, 2.24) is 10.6 Å². The zero-order valence-corrected chi connectivity index (χ0v) is 30.5. The molecule has 0 heterocycles. The maximum Gasteiger partial charge on any atom is 0.407 e. The minimum absolute atomic E-state index is 0.0363. The summed E-state index contributed by atoms with van der Waals surface area (Å²) in [5, 5.41) is 6.04. The second-order valence-electron chi connectivity index (χ2n) is 15.3. The van der Waals surface area contributed by atoms with E-state index in [-0.39, 0.29) is 31.4 Å². The SMILES string of the molecule is C=CCCCCOC(=O)NC1CCC(CC2CCC(N=C=NC3CCC(CC4CCC(NC(=O)OCCOC(=O)C=C)CC4)CC3)CC2)CC1. The molecule has 0 radical (unpaired) electrons. The normalized spacial score (nSPS) is 29.7. The minimum Gasteiger partial charge on any atom is -0.459 e. The second kappa shape index (κ2) is 22.6. The quantitative estimate of drug-likeness (QED) is 0.0391. The van der Waals surface area contributed by atoms with Gasteiger partial charge in [-0.25, -0.2) is 24.4 Å². The Morgan fingerprint density at radius 3 is 1.44 bits per heavy atom. The van der Waals surface area contributed by atoms with E-state index < -0.39 is 12.1 Å². The molecule has 10 nitrogen and oxygen atoms in total. The molecule has 4 aliphatic carbocycles. The van der Waals surface area contributed by atoms with Crippen LogP contribution in [-0.2, 0) is 19.0 Å². The van der Waals surface area contributed by atoms with Crippen molar-refractivity contribution in [1.29, 1.82) is 0 Å². The zero-order valence-electron chi connectivity index (χ0n) is 30.5. The maximum absolute atomic E-state index is 12.1. The number of hydrogen-bond donors (Lipinski definition) is 2. The number of carbonyl (C=O) groups is 3. The van der Waals surface area contributed by atoms with Crippen LogP contribution in [-0.4, -0.2) is 68.2 Å². The first kappa shape index (κ1) is 39.7. The van der Waals surface area contributed by atoms with Crippen molar-refractivity contribution in [3.05, 3.63) is 25.3 Å². The monoisotopic (exact) mass is 696 g/mol. The summed E-state index contributed by atoms with van der Waals surface area (Å²) in [7, 11) is 0. The molecule has 0 atom stereocenters. The summed E-state index contributed by atoms with van der Waals surface area (Å²) < 4.78 is 15.3. The van der Waals surface area contributed by atoms with Gasteiger partial charge >= 0.3 is 18.2 Å². The van der Waals surface area contributed by atoms with Gasteiger partial charge in [-0.15, -0.1) is 6.58 Å². The van der Waals surface area contributed by atoms with E-state index in [1.54, 1.807) is 0 Å². The minimum atomic E-state index is -0.519. The number of allylic oxidation sites excluding steroid dienone is 1. The lowest BCUT2D eigenvalue weighted by atomic mass is 9.76. The average Bonchev–Trinajstić information content (AvgIpc) is 3.13. The van der Waals surface area contributed by atoms with Crippen LogP contribution >= 0.6 is 0 Å². The fourth-order valence-electron chi connectivity index (χ4n) is 8.55. The van der Waals surface area contributed by atoms with Gasteiger partial charge in [-0.2, -0.15) is 0 Å².